The van der Waals surface area contributed by atoms with Crippen molar-refractivity contribution >= 4 is 27.5 Å². The maximum absolute atomic E-state index is 12.7. The van der Waals surface area contributed by atoms with E-state index in [1.54, 1.807) is 57.2 Å². The van der Waals surface area contributed by atoms with Crippen LogP contribution >= 0.6 is 11.6 Å². The Balaban J connectivity index is 1.78. The van der Waals surface area contributed by atoms with Gasteiger partial charge in [-0.3, -0.25) is 9.59 Å². The maximum atomic E-state index is 12.7. The predicted molar refractivity (Wildman–Crippen MR) is 127 cm³/mol. The summed E-state index contributed by atoms with van der Waals surface area (Å²) in [6.07, 6.45) is 0. The molecule has 174 valence electrons. The van der Waals surface area contributed by atoms with Gasteiger partial charge >= 0.3 is 0 Å². The Morgan fingerprint density at radius 2 is 1.73 bits per heavy atom. The molecule has 0 aliphatic rings. The minimum absolute atomic E-state index is 0.103. The molecule has 8 nitrogen and oxygen atoms in total. The first kappa shape index (κ1) is 24.6. The number of benzene rings is 2. The van der Waals surface area contributed by atoms with Crippen LogP contribution in [-0.4, -0.2) is 41.5 Å². The molecule has 1 amide bonds. The van der Waals surface area contributed by atoms with E-state index < -0.39 is 21.4 Å². The predicted octanol–water partition coefficient (Wildman–Crippen LogP) is 3.15. The molecule has 0 saturated heterocycles. The van der Waals surface area contributed by atoms with E-state index in [9.17, 15) is 18.0 Å². The molecule has 0 radical (unpaired) electrons. The number of nitrogens with one attached hydrogen (secondary N) is 1. The number of aryl methyl sites for hydroxylation is 1. The van der Waals surface area contributed by atoms with E-state index in [0.29, 0.717) is 35.1 Å². The van der Waals surface area contributed by atoms with Crippen molar-refractivity contribution < 1.29 is 13.2 Å². The second-order valence-corrected chi connectivity index (χ2v) is 9.62. The van der Waals surface area contributed by atoms with Crippen LogP contribution < -0.4 is 10.7 Å². The first-order chi connectivity index (χ1) is 15.7. The van der Waals surface area contributed by atoms with Crippen molar-refractivity contribution in [3.63, 3.8) is 0 Å². The zero-order valence-corrected chi connectivity index (χ0v) is 20.2. The molecule has 0 aliphatic heterocycles. The third-order valence-corrected chi connectivity index (χ3v) is 7.51. The number of carbonyl (C=O) groups excluding carboxylic acids is 1. The normalized spacial score (nSPS) is 11.5. The first-order valence-electron chi connectivity index (χ1n) is 10.4. The molecule has 0 fully saturated rings. The van der Waals surface area contributed by atoms with Crippen LogP contribution in [0.3, 0.4) is 0 Å². The van der Waals surface area contributed by atoms with Crippen molar-refractivity contribution in [2.24, 2.45) is 0 Å². The standard InChI is InChI=1S/C23H25ClN4O4S/c1-4-27(5-2)33(31,32)18-12-10-17(11-13-18)15-25-23(30)22-21(29)14-16(3)28(26-22)20-9-7-6-8-19(20)24/h6-14H,4-5,15H2,1-3H3,(H,25,30). The number of halogens is 1. The summed E-state index contributed by atoms with van der Waals surface area (Å²) < 4.78 is 28.0. The van der Waals surface area contributed by atoms with Gasteiger partial charge in [-0.1, -0.05) is 49.7 Å². The molecular formula is C23H25ClN4O4S. The van der Waals surface area contributed by atoms with Crippen molar-refractivity contribution in [1.82, 2.24) is 19.4 Å². The van der Waals surface area contributed by atoms with Crippen molar-refractivity contribution in [3.05, 3.63) is 86.8 Å². The van der Waals surface area contributed by atoms with Crippen LogP contribution in [-0.2, 0) is 16.6 Å². The van der Waals surface area contributed by atoms with Crippen LogP contribution in [0.1, 0.15) is 35.6 Å². The fourth-order valence-electron chi connectivity index (χ4n) is 3.33. The van der Waals surface area contributed by atoms with Crippen molar-refractivity contribution in [2.75, 3.05) is 13.1 Å². The molecule has 10 heteroatoms. The Labute approximate surface area is 197 Å². The number of sulfonamides is 1. The SMILES string of the molecule is CCN(CC)S(=O)(=O)c1ccc(CNC(=O)c2nn(-c3ccccc3Cl)c(C)cc2=O)cc1. The van der Waals surface area contributed by atoms with Gasteiger partial charge in [-0.05, 0) is 36.8 Å². The minimum atomic E-state index is -3.56. The van der Waals surface area contributed by atoms with E-state index >= 15 is 0 Å². The van der Waals surface area contributed by atoms with Gasteiger partial charge in [0.1, 0.15) is 0 Å². The Hall–Kier alpha value is -3.01. The number of para-hydroxylation sites is 1. The van der Waals surface area contributed by atoms with Crippen LogP contribution in [0.4, 0.5) is 0 Å². The molecule has 0 unspecified atom stereocenters. The zero-order valence-electron chi connectivity index (χ0n) is 18.6. The monoisotopic (exact) mass is 488 g/mol. The van der Waals surface area contributed by atoms with Crippen molar-refractivity contribution in [1.29, 1.82) is 0 Å². The fraction of sp³-hybridized carbons (Fsp3) is 0.261. The Morgan fingerprint density at radius 3 is 2.33 bits per heavy atom. The first-order valence-corrected chi connectivity index (χ1v) is 12.2. The average molecular weight is 489 g/mol. The summed E-state index contributed by atoms with van der Waals surface area (Å²) in [5, 5.41) is 7.32. The highest BCUT2D eigenvalue weighted by atomic mass is 35.5. The summed E-state index contributed by atoms with van der Waals surface area (Å²) in [4.78, 5) is 25.3. The largest absolute Gasteiger partial charge is 0.346 e. The molecule has 3 rings (SSSR count). The Kier molecular flexibility index (Phi) is 7.68. The number of rotatable bonds is 8. The van der Waals surface area contributed by atoms with Crippen molar-refractivity contribution in [3.8, 4) is 5.69 Å². The van der Waals surface area contributed by atoms with Crippen LogP contribution in [0.2, 0.25) is 5.02 Å². The van der Waals surface area contributed by atoms with E-state index in [1.165, 1.54) is 27.2 Å². The third kappa shape index (κ3) is 5.32. The summed E-state index contributed by atoms with van der Waals surface area (Å²) in [5.41, 5.74) is 1.00. The minimum Gasteiger partial charge on any atom is -0.346 e. The number of hydrogen-bond acceptors (Lipinski definition) is 5. The highest BCUT2D eigenvalue weighted by Gasteiger charge is 2.21. The lowest BCUT2D eigenvalue weighted by Gasteiger charge is -2.18. The molecule has 2 aromatic carbocycles. The van der Waals surface area contributed by atoms with E-state index in [-0.39, 0.29) is 17.1 Å². The molecule has 0 atom stereocenters. The lowest BCUT2D eigenvalue weighted by Crippen LogP contribution is -2.32. The average Bonchev–Trinajstić information content (AvgIpc) is 2.79. The second kappa shape index (κ2) is 10.3. The van der Waals surface area contributed by atoms with Gasteiger partial charge in [-0.25, -0.2) is 13.1 Å². The van der Waals surface area contributed by atoms with Crippen LogP contribution in [0.25, 0.3) is 5.69 Å². The van der Waals surface area contributed by atoms with E-state index in [1.807, 2.05) is 0 Å². The quantitative estimate of drug-likeness (QED) is 0.524. The number of aromatic nitrogens is 2. The molecule has 1 N–H and O–H groups in total. The van der Waals surface area contributed by atoms with Crippen LogP contribution in [0, 0.1) is 6.92 Å². The smallest absolute Gasteiger partial charge is 0.276 e. The molecule has 1 heterocycles. The van der Waals surface area contributed by atoms with Crippen LogP contribution in [0.15, 0.2) is 64.3 Å². The van der Waals surface area contributed by atoms with E-state index in [4.69, 9.17) is 11.6 Å². The molecule has 0 aliphatic carbocycles. The Morgan fingerprint density at radius 1 is 1.09 bits per heavy atom. The van der Waals surface area contributed by atoms with E-state index in [2.05, 4.69) is 10.4 Å². The molecule has 33 heavy (non-hydrogen) atoms. The fourth-order valence-corrected chi connectivity index (χ4v) is 5.00. The highest BCUT2D eigenvalue weighted by Crippen LogP contribution is 2.20. The van der Waals surface area contributed by atoms with Gasteiger partial charge in [-0.2, -0.15) is 9.40 Å². The van der Waals surface area contributed by atoms with Crippen LogP contribution in [0.5, 0.6) is 0 Å². The van der Waals surface area contributed by atoms with Gasteiger partial charge in [0.25, 0.3) is 5.91 Å². The van der Waals surface area contributed by atoms with Gasteiger partial charge in [0, 0.05) is 31.4 Å². The summed E-state index contributed by atoms with van der Waals surface area (Å²) in [5.74, 6) is -0.638. The van der Waals surface area contributed by atoms with Gasteiger partial charge in [0.15, 0.2) is 5.69 Å². The lowest BCUT2D eigenvalue weighted by atomic mass is 10.2. The topological polar surface area (TPSA) is 101 Å². The van der Waals surface area contributed by atoms with Gasteiger partial charge in [-0.15, -0.1) is 0 Å². The maximum Gasteiger partial charge on any atom is 0.276 e. The summed E-state index contributed by atoms with van der Waals surface area (Å²) in [6.45, 7) is 6.13. The number of nitrogens with zero attached hydrogens (tertiary/aromatic N) is 3. The molecule has 3 aromatic rings. The summed E-state index contributed by atoms with van der Waals surface area (Å²) >= 11 is 6.24. The molecule has 0 bridgehead atoms. The molecule has 0 saturated carbocycles. The lowest BCUT2D eigenvalue weighted by molar-refractivity contribution is 0.0943. The highest BCUT2D eigenvalue weighted by molar-refractivity contribution is 7.89. The second-order valence-electron chi connectivity index (χ2n) is 7.28. The van der Waals surface area contributed by atoms with Crippen molar-refractivity contribution in [2.45, 2.75) is 32.2 Å². The molecule has 0 spiro atoms. The number of hydrogen-bond donors (Lipinski definition) is 1. The zero-order chi connectivity index (χ0) is 24.2. The number of carbonyl (C=O) groups is 1. The van der Waals surface area contributed by atoms with E-state index in [0.717, 1.165) is 0 Å². The van der Waals surface area contributed by atoms with Gasteiger partial charge in [0.2, 0.25) is 15.5 Å². The van der Waals surface area contributed by atoms with Gasteiger partial charge < -0.3 is 5.32 Å². The van der Waals surface area contributed by atoms with Gasteiger partial charge in [0.05, 0.1) is 15.6 Å². The summed E-state index contributed by atoms with van der Waals surface area (Å²) in [7, 11) is -3.56. The molecule has 1 aromatic heterocycles. The molecular weight excluding hydrogens is 464 g/mol. The summed E-state index contributed by atoms with van der Waals surface area (Å²) in [6, 6.07) is 14.6. The third-order valence-electron chi connectivity index (χ3n) is 5.12. The number of amides is 1. The Bertz CT molecular complexity index is 1320.